The van der Waals surface area contributed by atoms with Crippen LogP contribution in [-0.4, -0.2) is 160 Å². The van der Waals surface area contributed by atoms with Crippen molar-refractivity contribution in [2.75, 3.05) is 89.4 Å². The molecular formula is C56H66F12N8O10S2. The van der Waals surface area contributed by atoms with E-state index in [0.717, 1.165) is 61.6 Å². The number of carbonyl (C=O) groups excluding carboxylic acids is 2. The summed E-state index contributed by atoms with van der Waals surface area (Å²) in [5, 5.41) is 17.7. The van der Waals surface area contributed by atoms with Crippen molar-refractivity contribution in [3.63, 3.8) is 0 Å². The maximum atomic E-state index is 13.2. The molecule has 5 atom stereocenters. The summed E-state index contributed by atoms with van der Waals surface area (Å²) in [6, 6.07) is 18.1. The number of nitrogens with zero attached hydrogens (tertiary/aromatic N) is 2. The van der Waals surface area contributed by atoms with Gasteiger partial charge in [-0.2, -0.15) is 0 Å². The summed E-state index contributed by atoms with van der Waals surface area (Å²) in [6.07, 6.45) is -18.3. The van der Waals surface area contributed by atoms with E-state index in [2.05, 4.69) is 60.6 Å². The number of rotatable bonds is 20. The van der Waals surface area contributed by atoms with Crippen LogP contribution in [0.3, 0.4) is 0 Å². The fourth-order valence-corrected chi connectivity index (χ4v) is 10.1. The minimum atomic E-state index is -4.93. The largest absolute Gasteiger partial charge is 0.573 e. The summed E-state index contributed by atoms with van der Waals surface area (Å²) in [7, 11) is 0. The van der Waals surface area contributed by atoms with Crippen LogP contribution >= 0.6 is 24.4 Å². The number of benzene rings is 4. The average Bonchev–Trinajstić information content (AvgIpc) is 3.71. The molecule has 0 spiro atoms. The van der Waals surface area contributed by atoms with E-state index in [0.29, 0.717) is 91.3 Å². The number of morpholine rings is 2. The van der Waals surface area contributed by atoms with Gasteiger partial charge in [-0.1, -0.05) is 26.0 Å². The average molecular weight is 1300 g/mol. The molecule has 0 bridgehead atoms. The lowest BCUT2D eigenvalue weighted by Gasteiger charge is -2.27. The first-order valence-electron chi connectivity index (χ1n) is 27.8. The Hall–Kier alpha value is -7.00. The second-order valence-electron chi connectivity index (χ2n) is 19.7. The Kier molecular flexibility index (Phi) is 26.3. The quantitative estimate of drug-likeness (QED) is 0.0362. The van der Waals surface area contributed by atoms with E-state index in [-0.39, 0.29) is 63.2 Å². The third-order valence-electron chi connectivity index (χ3n) is 13.3. The maximum absolute atomic E-state index is 13.2. The van der Waals surface area contributed by atoms with Gasteiger partial charge in [0.15, 0.2) is 10.2 Å². The third kappa shape index (κ3) is 25.6. The van der Waals surface area contributed by atoms with Crippen LogP contribution in [0.15, 0.2) is 91.0 Å². The summed E-state index contributed by atoms with van der Waals surface area (Å²) in [4.78, 5) is 30.5. The Labute approximate surface area is 509 Å². The van der Waals surface area contributed by atoms with Gasteiger partial charge < -0.3 is 69.8 Å². The van der Waals surface area contributed by atoms with Crippen molar-refractivity contribution in [1.29, 1.82) is 0 Å². The number of hydrogen-bond acceptors (Lipinski definition) is 14. The van der Waals surface area contributed by atoms with Crippen molar-refractivity contribution in [3.05, 3.63) is 96.6 Å². The van der Waals surface area contributed by atoms with Crippen molar-refractivity contribution < 1.29 is 100 Å². The van der Waals surface area contributed by atoms with Crippen molar-refractivity contribution in [2.45, 2.75) is 95.7 Å². The fourth-order valence-electron chi connectivity index (χ4n) is 9.55. The molecule has 0 radical (unpaired) electrons. The second-order valence-corrected chi connectivity index (χ2v) is 20.5. The van der Waals surface area contributed by atoms with Gasteiger partial charge in [0.1, 0.15) is 46.7 Å². The number of ether oxygens (including phenoxy) is 8. The summed E-state index contributed by atoms with van der Waals surface area (Å²) >= 11 is 10.6. The van der Waals surface area contributed by atoms with Crippen molar-refractivity contribution >= 4 is 57.8 Å². The van der Waals surface area contributed by atoms with Crippen LogP contribution in [0.25, 0.3) is 0 Å². The molecule has 2 amide bonds. The van der Waals surface area contributed by atoms with Gasteiger partial charge in [0.05, 0.1) is 37.9 Å². The molecule has 2 aliphatic heterocycles. The molecule has 2 heterocycles. The lowest BCUT2D eigenvalue weighted by molar-refractivity contribution is -0.275. The van der Waals surface area contributed by atoms with Gasteiger partial charge in [-0.15, -0.1) is 52.7 Å². The highest BCUT2D eigenvalue weighted by Crippen LogP contribution is 2.35. The van der Waals surface area contributed by atoms with E-state index in [9.17, 15) is 62.3 Å². The highest BCUT2D eigenvalue weighted by molar-refractivity contribution is 7.80. The Morgan fingerprint density at radius 2 is 0.989 bits per heavy atom. The molecule has 0 aromatic heterocycles. The first-order chi connectivity index (χ1) is 41.7. The summed E-state index contributed by atoms with van der Waals surface area (Å²) in [5.74, 6) is -2.92. The molecule has 4 aromatic rings. The molecule has 486 valence electrons. The van der Waals surface area contributed by atoms with Gasteiger partial charge in [-0.3, -0.25) is 19.4 Å². The zero-order chi connectivity index (χ0) is 64.1. The SMILES string of the molecule is CC.O=C(NCCN1CCOCC1)C1CC(NC(=S)Nc2cccc(OC(F)(F)F)c2)CC1Oc1ccc(OC(F)(F)F)cc1.O=C(NCCN1CCOCC1)c1cc(OC(F)(F)F)ccc1OC1CCC(NC(=S)Nc2cccc(OC(F)(F)F)c2)C1. The zero-order valence-electron chi connectivity index (χ0n) is 47.4. The fraction of sp³-hybridized carbons (Fsp3) is 0.500. The molecule has 2 saturated carbocycles. The number of amides is 2. The Balaban J connectivity index is 0.000000273. The lowest BCUT2D eigenvalue weighted by atomic mass is 10.0. The van der Waals surface area contributed by atoms with Gasteiger partial charge >= 0.3 is 25.4 Å². The number of halogens is 12. The van der Waals surface area contributed by atoms with Crippen molar-refractivity contribution in [3.8, 4) is 34.5 Å². The summed E-state index contributed by atoms with van der Waals surface area (Å²) in [5.41, 5.74) is 0.442. The zero-order valence-corrected chi connectivity index (χ0v) is 49.0. The molecule has 5 unspecified atom stereocenters. The molecule has 4 fully saturated rings. The van der Waals surface area contributed by atoms with Gasteiger partial charge in [-0.25, -0.2) is 0 Å². The monoisotopic (exact) mass is 1300 g/mol. The number of alkyl halides is 12. The minimum Gasteiger partial charge on any atom is -0.490 e. The summed E-state index contributed by atoms with van der Waals surface area (Å²) in [6.45, 7) is 11.3. The topological polar surface area (TPSA) is 187 Å². The molecule has 88 heavy (non-hydrogen) atoms. The minimum absolute atomic E-state index is 0.0988. The van der Waals surface area contributed by atoms with E-state index in [1.54, 1.807) is 0 Å². The van der Waals surface area contributed by atoms with Crippen LogP contribution in [0, 0.1) is 5.92 Å². The normalized spacial score (nSPS) is 19.9. The second kappa shape index (κ2) is 33.0. The van der Waals surface area contributed by atoms with Crippen molar-refractivity contribution in [1.82, 2.24) is 31.1 Å². The molecule has 4 aliphatic rings. The van der Waals surface area contributed by atoms with Crippen LogP contribution in [0.5, 0.6) is 34.5 Å². The smallest absolute Gasteiger partial charge is 0.490 e. The van der Waals surface area contributed by atoms with Gasteiger partial charge in [0.25, 0.3) is 5.91 Å². The highest BCUT2D eigenvalue weighted by Gasteiger charge is 2.41. The van der Waals surface area contributed by atoms with E-state index in [4.69, 9.17) is 43.4 Å². The summed E-state index contributed by atoms with van der Waals surface area (Å²) < 4.78 is 190. The number of hydrogen-bond donors (Lipinski definition) is 6. The predicted octanol–water partition coefficient (Wildman–Crippen LogP) is 10.3. The van der Waals surface area contributed by atoms with E-state index in [1.165, 1.54) is 42.5 Å². The maximum Gasteiger partial charge on any atom is 0.573 e. The van der Waals surface area contributed by atoms with E-state index >= 15 is 0 Å². The van der Waals surface area contributed by atoms with Crippen LogP contribution in [0.2, 0.25) is 0 Å². The van der Waals surface area contributed by atoms with Crippen LogP contribution in [0.1, 0.15) is 56.3 Å². The van der Waals surface area contributed by atoms with E-state index < -0.39 is 72.5 Å². The first kappa shape index (κ1) is 70.1. The molecule has 2 aliphatic carbocycles. The Morgan fingerprint density at radius 3 is 1.50 bits per heavy atom. The lowest BCUT2D eigenvalue weighted by Crippen LogP contribution is -2.43. The van der Waals surface area contributed by atoms with Gasteiger partial charge in [0.2, 0.25) is 5.91 Å². The molecule has 8 rings (SSSR count). The van der Waals surface area contributed by atoms with Gasteiger partial charge in [0, 0.05) is 101 Å². The van der Waals surface area contributed by atoms with Crippen LogP contribution in [0.4, 0.5) is 64.1 Å². The molecular weight excluding hydrogens is 1240 g/mol. The number of carbonyl (C=O) groups is 2. The molecule has 2 saturated heterocycles. The van der Waals surface area contributed by atoms with E-state index in [1.807, 2.05) is 13.8 Å². The van der Waals surface area contributed by atoms with Gasteiger partial charge in [-0.05, 0) is 110 Å². The molecule has 32 heteroatoms. The molecule has 4 aromatic carbocycles. The van der Waals surface area contributed by atoms with Crippen molar-refractivity contribution in [2.24, 2.45) is 5.92 Å². The number of thiocarbonyl (C=S) groups is 2. The highest BCUT2D eigenvalue weighted by atomic mass is 32.1. The Bertz CT molecular complexity index is 2870. The number of nitrogens with one attached hydrogen (secondary N) is 6. The predicted molar refractivity (Wildman–Crippen MR) is 305 cm³/mol. The van der Waals surface area contributed by atoms with Crippen LogP contribution in [-0.2, 0) is 14.3 Å². The standard InChI is InChI=1S/2C27H30F6N4O5S.C2H6/c28-26(29,30)41-20-6-4-19(5-7-20)40-23-16-18(15-22(23)24(38)34-8-9-37-10-12-39-13-11-37)36-25(43)35-17-2-1-3-21(14-17)42-27(31,32)33;28-26(29,30)41-20-3-1-2-17(15-20)35-25(43)36-18-4-5-19(14-18)40-23-7-6-21(42-27(31,32)33)16-22(23)24(38)34-8-9-37-10-12-39-13-11-37;1-2/h1-7,14,18,22-23H,8-13,15-16H2,(H,34,38)(H2,35,36,43);1-3,6-7,15-16,18-19H,4-5,8-14H2,(H,34,38)(H2,35,36,43);1-2H3. The molecule has 6 N–H and O–H groups in total. The van der Waals surface area contributed by atoms with Crippen LogP contribution < -0.4 is 60.3 Å². The third-order valence-corrected chi connectivity index (χ3v) is 13.7. The number of anilines is 2. The first-order valence-corrected chi connectivity index (χ1v) is 28.6. The Morgan fingerprint density at radius 1 is 0.534 bits per heavy atom. The molecule has 18 nitrogen and oxygen atoms in total.